The Labute approximate surface area is 220 Å². The van der Waals surface area contributed by atoms with Crippen molar-refractivity contribution >= 4 is 6.09 Å². The van der Waals surface area contributed by atoms with E-state index in [1.807, 2.05) is 11.0 Å². The molecule has 1 aromatic heterocycles. The fourth-order valence-electron chi connectivity index (χ4n) is 9.64. The number of hydrogen-bond acceptors (Lipinski definition) is 6. The fraction of sp³-hybridized carbons (Fsp3) is 0.800. The molecule has 37 heavy (non-hydrogen) atoms. The van der Waals surface area contributed by atoms with Crippen LogP contribution in [0.3, 0.4) is 0 Å². The molecular weight excluding hydrogens is 468 g/mol. The van der Waals surface area contributed by atoms with Gasteiger partial charge in [-0.05, 0) is 111 Å². The van der Waals surface area contributed by atoms with Gasteiger partial charge in [-0.3, -0.25) is 0 Å². The topological polar surface area (TPSA) is 92.0 Å². The first kappa shape index (κ1) is 25.4. The molecule has 4 saturated carbocycles. The minimum Gasteiger partial charge on any atom is -0.446 e. The zero-order valence-electron chi connectivity index (χ0n) is 22.5. The summed E-state index contributed by atoms with van der Waals surface area (Å²) in [7, 11) is 0. The largest absolute Gasteiger partial charge is 0.446 e. The van der Waals surface area contributed by atoms with Crippen molar-refractivity contribution in [3.05, 3.63) is 34.4 Å². The highest BCUT2D eigenvalue weighted by molar-refractivity contribution is 5.67. The van der Waals surface area contributed by atoms with Crippen molar-refractivity contribution in [2.24, 2.45) is 28.6 Å². The third-order valence-corrected chi connectivity index (χ3v) is 11.8. The Balaban J connectivity index is 1.16. The molecule has 4 aliphatic carbocycles. The van der Waals surface area contributed by atoms with Crippen molar-refractivity contribution in [1.82, 2.24) is 10.2 Å². The zero-order valence-corrected chi connectivity index (χ0v) is 22.5. The predicted molar refractivity (Wildman–Crippen MR) is 140 cm³/mol. The lowest BCUT2D eigenvalue weighted by molar-refractivity contribution is -0.205. The number of amides is 1. The van der Waals surface area contributed by atoms with E-state index in [1.165, 1.54) is 6.07 Å². The van der Waals surface area contributed by atoms with Gasteiger partial charge < -0.3 is 24.5 Å². The molecule has 204 valence electrons. The first-order chi connectivity index (χ1) is 17.7. The summed E-state index contributed by atoms with van der Waals surface area (Å²) in [6.07, 6.45) is 11.5. The molecule has 7 nitrogen and oxygen atoms in total. The fourth-order valence-corrected chi connectivity index (χ4v) is 9.64. The van der Waals surface area contributed by atoms with Gasteiger partial charge in [-0.15, -0.1) is 0 Å². The second kappa shape index (κ2) is 9.41. The number of fused-ring (bicyclic) bond motifs is 5. The van der Waals surface area contributed by atoms with Gasteiger partial charge in [-0.1, -0.05) is 13.8 Å². The van der Waals surface area contributed by atoms with Crippen LogP contribution in [0.25, 0.3) is 0 Å². The van der Waals surface area contributed by atoms with E-state index in [0.29, 0.717) is 17.8 Å². The summed E-state index contributed by atoms with van der Waals surface area (Å²) < 4.78 is 11.3. The lowest BCUT2D eigenvalue weighted by Crippen LogP contribution is -2.62. The summed E-state index contributed by atoms with van der Waals surface area (Å²) in [5, 5.41) is 15.8. The Hall–Kier alpha value is -1.86. The summed E-state index contributed by atoms with van der Waals surface area (Å²) in [6.45, 7) is 8.06. The van der Waals surface area contributed by atoms with Gasteiger partial charge in [0, 0.05) is 31.1 Å². The van der Waals surface area contributed by atoms with Crippen LogP contribution in [0.5, 0.6) is 0 Å². The van der Waals surface area contributed by atoms with Gasteiger partial charge in [-0.2, -0.15) is 0 Å². The monoisotopic (exact) mass is 512 g/mol. The second-order valence-electron chi connectivity index (χ2n) is 13.2. The van der Waals surface area contributed by atoms with E-state index in [2.05, 4.69) is 19.2 Å². The third-order valence-electron chi connectivity index (χ3n) is 11.8. The maximum atomic E-state index is 12.9. The van der Waals surface area contributed by atoms with Gasteiger partial charge in [-0.25, -0.2) is 9.59 Å². The molecule has 2 heterocycles. The Morgan fingerprint density at radius 3 is 2.73 bits per heavy atom. The van der Waals surface area contributed by atoms with Gasteiger partial charge in [0.25, 0.3) is 0 Å². The molecule has 1 aliphatic heterocycles. The summed E-state index contributed by atoms with van der Waals surface area (Å²) in [4.78, 5) is 26.3. The minimum absolute atomic E-state index is 0.0128. The van der Waals surface area contributed by atoms with Crippen LogP contribution in [-0.4, -0.2) is 54.0 Å². The molecule has 8 atom stereocenters. The molecule has 7 heteroatoms. The molecule has 6 rings (SSSR count). The van der Waals surface area contributed by atoms with Crippen LogP contribution in [-0.2, 0) is 4.74 Å². The summed E-state index contributed by atoms with van der Waals surface area (Å²) in [5.41, 5.74) is 0.0363. The normalized spacial score (nSPS) is 43.8. The average molecular weight is 513 g/mol. The number of nitrogens with one attached hydrogen (secondary N) is 1. The van der Waals surface area contributed by atoms with Crippen molar-refractivity contribution in [3.63, 3.8) is 0 Å². The highest BCUT2D eigenvalue weighted by atomic mass is 16.6. The average Bonchev–Trinajstić information content (AvgIpc) is 3.04. The molecule has 1 aromatic rings. The number of carbonyl (C=O) groups is 1. The molecule has 0 bridgehead atoms. The second-order valence-corrected chi connectivity index (χ2v) is 13.2. The van der Waals surface area contributed by atoms with E-state index in [0.717, 1.165) is 96.0 Å². The van der Waals surface area contributed by atoms with Crippen molar-refractivity contribution in [2.75, 3.05) is 26.2 Å². The standard InChI is InChI=1S/C30H44N2O5/c1-28-11-8-22(37-27(34)32-16-3-14-31-15-17-32)18-21(28)5-6-25-24(28)9-12-29(2)23(10-13-30(25,29)35)20-4-7-26(33)36-19-20/h4,7,19,21-25,31,35H,3,5-6,8-18H2,1-2H3/t21-,22+,23-,24+,25?,28+,29-,30+/m1/s1. The number of rotatable bonds is 2. The van der Waals surface area contributed by atoms with Gasteiger partial charge in [0.2, 0.25) is 0 Å². The van der Waals surface area contributed by atoms with E-state index in [4.69, 9.17) is 9.15 Å². The Kier molecular flexibility index (Phi) is 6.46. The number of carbonyl (C=O) groups excluding carboxylic acids is 1. The SMILES string of the molecule is C[C@]12CC[C@H](OC(=O)N3CCCNCC3)C[C@H]1CCC1[C@@H]2CC[C@]2(C)[C@@H](c3ccc(=O)oc3)CC[C@]12O. The molecule has 2 N–H and O–H groups in total. The van der Waals surface area contributed by atoms with E-state index >= 15 is 0 Å². The van der Waals surface area contributed by atoms with E-state index in [9.17, 15) is 14.7 Å². The van der Waals surface area contributed by atoms with Crippen LogP contribution in [0, 0.1) is 28.6 Å². The van der Waals surface area contributed by atoms with E-state index in [1.54, 1.807) is 6.26 Å². The number of ether oxygens (including phenoxy) is 1. The van der Waals surface area contributed by atoms with E-state index < -0.39 is 5.60 Å². The maximum Gasteiger partial charge on any atom is 0.410 e. The van der Waals surface area contributed by atoms with Crippen LogP contribution in [0.1, 0.15) is 89.5 Å². The Morgan fingerprint density at radius 1 is 1.05 bits per heavy atom. The minimum atomic E-state index is -0.686. The molecule has 5 fully saturated rings. The maximum absolute atomic E-state index is 12.9. The highest BCUT2D eigenvalue weighted by Crippen LogP contribution is 2.70. The molecule has 1 unspecified atom stereocenters. The lowest BCUT2D eigenvalue weighted by Gasteiger charge is -2.63. The molecular formula is C30H44N2O5. The summed E-state index contributed by atoms with van der Waals surface area (Å²) >= 11 is 0. The Bertz CT molecular complexity index is 1050. The number of hydrogen-bond donors (Lipinski definition) is 2. The van der Waals surface area contributed by atoms with Gasteiger partial charge in [0.1, 0.15) is 6.10 Å². The smallest absolute Gasteiger partial charge is 0.410 e. The molecule has 1 saturated heterocycles. The van der Waals surface area contributed by atoms with Crippen LogP contribution < -0.4 is 10.9 Å². The molecule has 1 amide bonds. The quantitative estimate of drug-likeness (QED) is 0.598. The van der Waals surface area contributed by atoms with Crippen LogP contribution in [0.4, 0.5) is 4.79 Å². The molecule has 0 aromatic carbocycles. The predicted octanol–water partition coefficient (Wildman–Crippen LogP) is 4.68. The summed E-state index contributed by atoms with van der Waals surface area (Å²) in [6, 6.07) is 3.42. The Morgan fingerprint density at radius 2 is 1.92 bits per heavy atom. The summed E-state index contributed by atoms with van der Waals surface area (Å²) in [5.74, 6) is 1.57. The molecule has 0 spiro atoms. The van der Waals surface area contributed by atoms with Gasteiger partial charge in [0.05, 0.1) is 11.9 Å². The van der Waals surface area contributed by atoms with Crippen molar-refractivity contribution < 1.29 is 19.1 Å². The third kappa shape index (κ3) is 4.07. The lowest BCUT2D eigenvalue weighted by atomic mass is 9.43. The first-order valence-corrected chi connectivity index (χ1v) is 14.7. The van der Waals surface area contributed by atoms with E-state index in [-0.39, 0.29) is 34.6 Å². The van der Waals surface area contributed by atoms with Crippen LogP contribution >= 0.6 is 0 Å². The first-order valence-electron chi connectivity index (χ1n) is 14.7. The van der Waals surface area contributed by atoms with Crippen LogP contribution in [0.15, 0.2) is 27.6 Å². The zero-order chi connectivity index (χ0) is 25.8. The molecule has 0 radical (unpaired) electrons. The number of aliphatic hydroxyl groups is 1. The van der Waals surface area contributed by atoms with Crippen molar-refractivity contribution in [3.8, 4) is 0 Å². The number of nitrogens with zero attached hydrogens (tertiary/aromatic N) is 1. The van der Waals surface area contributed by atoms with Crippen molar-refractivity contribution in [1.29, 1.82) is 0 Å². The van der Waals surface area contributed by atoms with Crippen LogP contribution in [0.2, 0.25) is 0 Å². The van der Waals surface area contributed by atoms with Gasteiger partial charge in [0.15, 0.2) is 0 Å². The molecule has 5 aliphatic rings. The highest BCUT2D eigenvalue weighted by Gasteiger charge is 2.67. The van der Waals surface area contributed by atoms with Crippen molar-refractivity contribution in [2.45, 2.75) is 95.7 Å². The van der Waals surface area contributed by atoms with Gasteiger partial charge >= 0.3 is 11.7 Å².